The first-order valence-electron chi connectivity index (χ1n) is 6.07. The second-order valence-electron chi connectivity index (χ2n) is 4.44. The second-order valence-corrected chi connectivity index (χ2v) is 5.38. The minimum absolute atomic E-state index is 0.0706. The number of hydrogen-bond donors (Lipinski definition) is 2. The van der Waals surface area contributed by atoms with Crippen LogP contribution in [0.4, 0.5) is 0 Å². The van der Waals surface area contributed by atoms with Gasteiger partial charge >= 0.3 is 5.97 Å². The molecule has 0 unspecified atom stereocenters. The van der Waals surface area contributed by atoms with Crippen LogP contribution >= 0.6 is 11.8 Å². The Bertz CT molecular complexity index is 666. The van der Waals surface area contributed by atoms with Crippen molar-refractivity contribution in [2.24, 2.45) is 5.73 Å². The van der Waals surface area contributed by atoms with E-state index in [2.05, 4.69) is 4.98 Å². The standard InChI is InChI=1S/C13H15N3O3S/c1-8-2-3-10-9(6-8)15-13(20-7-12(18)19)16(10)5-4-11(14)17/h2-3,6H,4-5,7H2,1H3,(H2,14,17)(H,18,19). The number of amides is 1. The average molecular weight is 293 g/mol. The molecule has 6 nitrogen and oxygen atoms in total. The molecular weight excluding hydrogens is 278 g/mol. The molecule has 0 bridgehead atoms. The summed E-state index contributed by atoms with van der Waals surface area (Å²) in [5, 5.41) is 9.36. The van der Waals surface area contributed by atoms with Gasteiger partial charge in [-0.25, -0.2) is 4.98 Å². The maximum atomic E-state index is 10.9. The zero-order chi connectivity index (χ0) is 14.7. The van der Waals surface area contributed by atoms with Crippen LogP contribution in [0.1, 0.15) is 12.0 Å². The topological polar surface area (TPSA) is 98.2 Å². The Morgan fingerprint density at radius 2 is 2.20 bits per heavy atom. The third kappa shape index (κ3) is 3.30. The van der Waals surface area contributed by atoms with Gasteiger partial charge in [-0.1, -0.05) is 17.8 Å². The van der Waals surface area contributed by atoms with Crippen LogP contribution < -0.4 is 5.73 Å². The van der Waals surface area contributed by atoms with Crippen molar-refractivity contribution in [1.29, 1.82) is 0 Å². The van der Waals surface area contributed by atoms with Gasteiger partial charge in [-0.2, -0.15) is 0 Å². The Morgan fingerprint density at radius 3 is 2.85 bits per heavy atom. The molecule has 1 aromatic heterocycles. The largest absolute Gasteiger partial charge is 0.481 e. The minimum Gasteiger partial charge on any atom is -0.481 e. The zero-order valence-corrected chi connectivity index (χ0v) is 11.8. The number of aryl methyl sites for hydroxylation is 2. The molecular formula is C13H15N3O3S. The molecule has 0 spiro atoms. The van der Waals surface area contributed by atoms with Gasteiger partial charge in [0.25, 0.3) is 0 Å². The Morgan fingerprint density at radius 1 is 1.45 bits per heavy atom. The molecule has 1 heterocycles. The van der Waals surface area contributed by atoms with Gasteiger partial charge in [-0.15, -0.1) is 0 Å². The summed E-state index contributed by atoms with van der Waals surface area (Å²) in [7, 11) is 0. The fraction of sp³-hybridized carbons (Fsp3) is 0.308. The molecule has 1 amide bonds. The van der Waals surface area contributed by atoms with Crippen molar-refractivity contribution in [3.63, 3.8) is 0 Å². The predicted octanol–water partition coefficient (Wildman–Crippen LogP) is 1.40. The van der Waals surface area contributed by atoms with Crippen molar-refractivity contribution in [2.75, 3.05) is 5.75 Å². The normalized spacial score (nSPS) is 10.8. The van der Waals surface area contributed by atoms with Gasteiger partial charge in [0.1, 0.15) is 0 Å². The number of rotatable bonds is 6. The van der Waals surface area contributed by atoms with Crippen molar-refractivity contribution in [3.8, 4) is 0 Å². The maximum Gasteiger partial charge on any atom is 0.313 e. The van der Waals surface area contributed by atoms with Crippen LogP contribution in [0.2, 0.25) is 0 Å². The lowest BCUT2D eigenvalue weighted by Crippen LogP contribution is -2.14. The van der Waals surface area contributed by atoms with E-state index in [1.54, 1.807) is 0 Å². The monoisotopic (exact) mass is 293 g/mol. The molecule has 0 aliphatic rings. The third-order valence-electron chi connectivity index (χ3n) is 2.78. The van der Waals surface area contributed by atoms with Crippen LogP contribution in [-0.2, 0) is 16.1 Å². The van der Waals surface area contributed by atoms with Gasteiger partial charge in [0, 0.05) is 13.0 Å². The number of fused-ring (bicyclic) bond motifs is 1. The van der Waals surface area contributed by atoms with E-state index in [0.29, 0.717) is 11.7 Å². The van der Waals surface area contributed by atoms with Crippen molar-refractivity contribution in [3.05, 3.63) is 23.8 Å². The number of nitrogens with two attached hydrogens (primary N) is 1. The Labute approximate surface area is 120 Å². The number of carbonyl (C=O) groups is 2. The number of thioether (sulfide) groups is 1. The lowest BCUT2D eigenvalue weighted by Gasteiger charge is -2.06. The van der Waals surface area contributed by atoms with Gasteiger partial charge < -0.3 is 15.4 Å². The lowest BCUT2D eigenvalue weighted by molar-refractivity contribution is -0.134. The SMILES string of the molecule is Cc1ccc2c(c1)nc(SCC(=O)O)n2CCC(N)=O. The molecule has 0 saturated carbocycles. The van der Waals surface area contributed by atoms with E-state index >= 15 is 0 Å². The highest BCUT2D eigenvalue weighted by molar-refractivity contribution is 7.99. The molecule has 0 saturated heterocycles. The first kappa shape index (κ1) is 14.4. The molecule has 2 rings (SSSR count). The number of aromatic nitrogens is 2. The summed E-state index contributed by atoms with van der Waals surface area (Å²) >= 11 is 1.14. The van der Waals surface area contributed by atoms with Gasteiger partial charge in [-0.3, -0.25) is 9.59 Å². The molecule has 0 atom stereocenters. The van der Waals surface area contributed by atoms with E-state index in [1.807, 2.05) is 29.7 Å². The summed E-state index contributed by atoms with van der Waals surface area (Å²) in [6.07, 6.45) is 0.194. The predicted molar refractivity (Wildman–Crippen MR) is 76.6 cm³/mol. The fourth-order valence-electron chi connectivity index (χ4n) is 1.89. The average Bonchev–Trinajstić information content (AvgIpc) is 2.70. The molecule has 1 aromatic carbocycles. The van der Waals surface area contributed by atoms with Crippen molar-refractivity contribution in [1.82, 2.24) is 9.55 Å². The Kier molecular flexibility index (Phi) is 4.29. The number of carbonyl (C=O) groups excluding carboxylic acids is 1. The highest BCUT2D eigenvalue weighted by atomic mass is 32.2. The quantitative estimate of drug-likeness (QED) is 0.784. The number of imidazole rings is 1. The molecule has 20 heavy (non-hydrogen) atoms. The van der Waals surface area contributed by atoms with E-state index in [1.165, 1.54) is 0 Å². The van der Waals surface area contributed by atoms with E-state index in [-0.39, 0.29) is 12.2 Å². The summed E-state index contributed by atoms with van der Waals surface area (Å²) in [4.78, 5) is 26.1. The first-order valence-corrected chi connectivity index (χ1v) is 7.05. The Balaban J connectivity index is 2.39. The number of benzene rings is 1. The number of carboxylic acid groups (broad SMARTS) is 1. The van der Waals surface area contributed by atoms with Gasteiger partial charge in [0.05, 0.1) is 16.8 Å². The summed E-state index contributed by atoms with van der Waals surface area (Å²) in [6.45, 7) is 2.36. The third-order valence-corrected chi connectivity index (χ3v) is 3.74. The van der Waals surface area contributed by atoms with Crippen molar-refractivity contribution < 1.29 is 14.7 Å². The van der Waals surface area contributed by atoms with Crippen molar-refractivity contribution >= 4 is 34.7 Å². The summed E-state index contributed by atoms with van der Waals surface area (Å²) in [6, 6.07) is 5.81. The van der Waals surface area contributed by atoms with Crippen LogP contribution in [0.5, 0.6) is 0 Å². The second kappa shape index (κ2) is 5.96. The first-order chi connectivity index (χ1) is 9.47. The lowest BCUT2D eigenvalue weighted by atomic mass is 10.2. The minimum atomic E-state index is -0.903. The van der Waals surface area contributed by atoms with Crippen LogP contribution in [0.25, 0.3) is 11.0 Å². The van der Waals surface area contributed by atoms with Crippen LogP contribution in [0.15, 0.2) is 23.4 Å². The van der Waals surface area contributed by atoms with E-state index in [9.17, 15) is 9.59 Å². The van der Waals surface area contributed by atoms with Gasteiger partial charge in [0.2, 0.25) is 5.91 Å². The number of carboxylic acids is 1. The van der Waals surface area contributed by atoms with Crippen molar-refractivity contribution in [2.45, 2.75) is 25.0 Å². The molecule has 0 radical (unpaired) electrons. The van der Waals surface area contributed by atoms with Crippen LogP contribution in [-0.4, -0.2) is 32.3 Å². The Hall–Kier alpha value is -2.02. The smallest absolute Gasteiger partial charge is 0.313 e. The molecule has 106 valence electrons. The molecule has 0 aliphatic heterocycles. The summed E-state index contributed by atoms with van der Waals surface area (Å²) in [5.41, 5.74) is 7.92. The maximum absolute atomic E-state index is 10.9. The van der Waals surface area contributed by atoms with E-state index in [4.69, 9.17) is 10.8 Å². The highest BCUT2D eigenvalue weighted by Gasteiger charge is 2.13. The highest BCUT2D eigenvalue weighted by Crippen LogP contribution is 2.25. The molecule has 2 aromatic rings. The molecule has 7 heteroatoms. The van der Waals surface area contributed by atoms with Gasteiger partial charge in [-0.05, 0) is 24.6 Å². The number of hydrogen-bond acceptors (Lipinski definition) is 4. The summed E-state index contributed by atoms with van der Waals surface area (Å²) in [5.74, 6) is -1.37. The molecule has 0 fully saturated rings. The number of nitrogens with zero attached hydrogens (tertiary/aromatic N) is 2. The fourth-order valence-corrected chi connectivity index (χ4v) is 2.65. The number of aliphatic carboxylic acids is 1. The summed E-state index contributed by atoms with van der Waals surface area (Å²) < 4.78 is 1.84. The zero-order valence-electron chi connectivity index (χ0n) is 11.0. The van der Waals surface area contributed by atoms with Crippen LogP contribution in [0.3, 0.4) is 0 Å². The number of primary amides is 1. The van der Waals surface area contributed by atoms with E-state index < -0.39 is 11.9 Å². The molecule has 0 aliphatic carbocycles. The van der Waals surface area contributed by atoms with Crippen LogP contribution in [0, 0.1) is 6.92 Å². The van der Waals surface area contributed by atoms with Gasteiger partial charge in [0.15, 0.2) is 5.16 Å². The van der Waals surface area contributed by atoms with E-state index in [0.717, 1.165) is 28.4 Å². The molecule has 3 N–H and O–H groups in total.